The normalized spacial score (nSPS) is 12.1. The smallest absolute Gasteiger partial charge is 0.246 e. The number of benzene rings is 1. The predicted octanol–water partition coefficient (Wildman–Crippen LogP) is 1.39. The minimum atomic E-state index is -0.128. The highest BCUT2D eigenvalue weighted by Crippen LogP contribution is 2.14. The summed E-state index contributed by atoms with van der Waals surface area (Å²) < 4.78 is 6.78. The van der Waals surface area contributed by atoms with Crippen LogP contribution in [0.2, 0.25) is 0 Å². The zero-order valence-electron chi connectivity index (χ0n) is 10.8. The van der Waals surface area contributed by atoms with Crippen molar-refractivity contribution in [3.63, 3.8) is 0 Å². The van der Waals surface area contributed by atoms with Crippen molar-refractivity contribution in [2.24, 2.45) is 0 Å². The Morgan fingerprint density at radius 2 is 2.21 bits per heavy atom. The van der Waals surface area contributed by atoms with E-state index in [0.717, 1.165) is 5.56 Å². The first-order chi connectivity index (χ1) is 9.29. The molecule has 0 saturated heterocycles. The van der Waals surface area contributed by atoms with E-state index in [1.54, 1.807) is 12.5 Å². The number of carbonyl (C=O) groups is 1. The Bertz CT molecular complexity index is 497. The third-order valence-electron chi connectivity index (χ3n) is 2.77. The van der Waals surface area contributed by atoms with Gasteiger partial charge in [0.25, 0.3) is 0 Å². The molecule has 5 heteroatoms. The third kappa shape index (κ3) is 3.93. The monoisotopic (exact) mass is 259 g/mol. The first-order valence-corrected chi connectivity index (χ1v) is 6.08. The van der Waals surface area contributed by atoms with Crippen molar-refractivity contribution in [3.05, 3.63) is 54.6 Å². The van der Waals surface area contributed by atoms with Crippen LogP contribution in [-0.2, 0) is 16.1 Å². The van der Waals surface area contributed by atoms with Gasteiger partial charge in [0, 0.05) is 26.0 Å². The van der Waals surface area contributed by atoms with Crippen molar-refractivity contribution in [2.75, 3.05) is 13.7 Å². The fraction of sp³-hybridized carbons (Fsp3) is 0.286. The number of carbonyl (C=O) groups excluding carboxylic acids is 1. The van der Waals surface area contributed by atoms with Gasteiger partial charge in [0.1, 0.15) is 6.61 Å². The first kappa shape index (κ1) is 13.3. The summed E-state index contributed by atoms with van der Waals surface area (Å²) in [6, 6.07) is 9.76. The van der Waals surface area contributed by atoms with Crippen molar-refractivity contribution in [2.45, 2.75) is 12.6 Å². The second-order valence-electron chi connectivity index (χ2n) is 4.22. The van der Waals surface area contributed by atoms with Gasteiger partial charge in [-0.1, -0.05) is 30.3 Å². The number of hydrogen-bond acceptors (Lipinski definition) is 3. The van der Waals surface area contributed by atoms with Crippen LogP contribution in [0.15, 0.2) is 49.1 Å². The van der Waals surface area contributed by atoms with Crippen molar-refractivity contribution in [3.8, 4) is 0 Å². The fourth-order valence-corrected chi connectivity index (χ4v) is 1.89. The summed E-state index contributed by atoms with van der Waals surface area (Å²) in [6.07, 6.45) is 5.33. The maximum absolute atomic E-state index is 11.7. The summed E-state index contributed by atoms with van der Waals surface area (Å²) in [5.41, 5.74) is 1.06. The molecule has 1 aromatic carbocycles. The standard InChI is InChI=1S/C14H17N3O2/c1-19-10-14(18)16-13(9-17-8-7-15-11-17)12-5-3-2-4-6-12/h2-8,11,13H,9-10H2,1H3,(H,16,18)/t13-/m1/s1. The van der Waals surface area contributed by atoms with E-state index in [1.165, 1.54) is 7.11 Å². The van der Waals surface area contributed by atoms with Crippen LogP contribution in [0.25, 0.3) is 0 Å². The van der Waals surface area contributed by atoms with Gasteiger partial charge in [-0.25, -0.2) is 4.98 Å². The lowest BCUT2D eigenvalue weighted by molar-refractivity contribution is -0.125. The van der Waals surface area contributed by atoms with E-state index in [2.05, 4.69) is 10.3 Å². The summed E-state index contributed by atoms with van der Waals surface area (Å²) in [4.78, 5) is 15.7. The molecular formula is C14H17N3O2. The predicted molar refractivity (Wildman–Crippen MR) is 71.4 cm³/mol. The first-order valence-electron chi connectivity index (χ1n) is 6.08. The summed E-state index contributed by atoms with van der Waals surface area (Å²) in [5, 5.41) is 2.96. The molecule has 0 aliphatic rings. The number of rotatable bonds is 6. The summed E-state index contributed by atoms with van der Waals surface area (Å²) in [7, 11) is 1.51. The quantitative estimate of drug-likeness (QED) is 0.853. The molecule has 100 valence electrons. The molecule has 1 heterocycles. The van der Waals surface area contributed by atoms with E-state index in [4.69, 9.17) is 4.74 Å². The van der Waals surface area contributed by atoms with Gasteiger partial charge in [-0.15, -0.1) is 0 Å². The molecule has 0 saturated carbocycles. The van der Waals surface area contributed by atoms with E-state index in [-0.39, 0.29) is 18.6 Å². The molecule has 0 bridgehead atoms. The van der Waals surface area contributed by atoms with Gasteiger partial charge in [0.2, 0.25) is 5.91 Å². The zero-order chi connectivity index (χ0) is 13.5. The Kier molecular flexibility index (Phi) is 4.69. The molecule has 2 aromatic rings. The van der Waals surface area contributed by atoms with Gasteiger partial charge in [0.15, 0.2) is 0 Å². The molecule has 1 amide bonds. The molecule has 0 spiro atoms. The maximum atomic E-state index is 11.7. The molecule has 1 atom stereocenters. The number of nitrogens with zero attached hydrogens (tertiary/aromatic N) is 2. The minimum absolute atomic E-state index is 0.0628. The van der Waals surface area contributed by atoms with Gasteiger partial charge < -0.3 is 14.6 Å². The molecule has 0 radical (unpaired) electrons. The van der Waals surface area contributed by atoms with Crippen molar-refractivity contribution in [1.29, 1.82) is 0 Å². The van der Waals surface area contributed by atoms with Crippen molar-refractivity contribution in [1.82, 2.24) is 14.9 Å². The highest BCUT2D eigenvalue weighted by atomic mass is 16.5. The molecule has 1 N–H and O–H groups in total. The largest absolute Gasteiger partial charge is 0.375 e. The lowest BCUT2D eigenvalue weighted by atomic mass is 10.1. The Morgan fingerprint density at radius 1 is 1.42 bits per heavy atom. The molecule has 0 fully saturated rings. The van der Waals surface area contributed by atoms with Gasteiger partial charge in [0.05, 0.1) is 12.4 Å². The number of methoxy groups -OCH3 is 1. The Morgan fingerprint density at radius 3 is 2.84 bits per heavy atom. The summed E-state index contributed by atoms with van der Waals surface area (Å²) in [6.45, 7) is 0.701. The van der Waals surface area contributed by atoms with Gasteiger partial charge in [-0.3, -0.25) is 4.79 Å². The minimum Gasteiger partial charge on any atom is -0.375 e. The Balaban J connectivity index is 2.11. The third-order valence-corrected chi connectivity index (χ3v) is 2.77. The number of aromatic nitrogens is 2. The van der Waals surface area contributed by atoms with Crippen LogP contribution >= 0.6 is 0 Å². The second kappa shape index (κ2) is 6.70. The molecule has 19 heavy (non-hydrogen) atoms. The Hall–Kier alpha value is -2.14. The maximum Gasteiger partial charge on any atom is 0.246 e. The zero-order valence-corrected chi connectivity index (χ0v) is 10.8. The number of amides is 1. The van der Waals surface area contributed by atoms with Crippen LogP contribution in [0.1, 0.15) is 11.6 Å². The van der Waals surface area contributed by atoms with Crippen LogP contribution in [0.3, 0.4) is 0 Å². The molecule has 2 rings (SSSR count). The van der Waals surface area contributed by atoms with E-state index in [0.29, 0.717) is 6.54 Å². The average molecular weight is 259 g/mol. The lowest BCUT2D eigenvalue weighted by Crippen LogP contribution is -2.33. The SMILES string of the molecule is COCC(=O)N[C@H](Cn1ccnc1)c1ccccc1. The molecule has 0 aliphatic heterocycles. The van der Waals surface area contributed by atoms with Gasteiger partial charge >= 0.3 is 0 Å². The summed E-state index contributed by atoms with van der Waals surface area (Å²) in [5.74, 6) is -0.128. The highest BCUT2D eigenvalue weighted by Gasteiger charge is 2.14. The van der Waals surface area contributed by atoms with Crippen LogP contribution < -0.4 is 5.32 Å². The summed E-state index contributed by atoms with van der Waals surface area (Å²) >= 11 is 0. The van der Waals surface area contributed by atoms with Crippen LogP contribution in [0, 0.1) is 0 Å². The number of ether oxygens (including phenoxy) is 1. The highest BCUT2D eigenvalue weighted by molar-refractivity contribution is 5.77. The van der Waals surface area contributed by atoms with E-state index >= 15 is 0 Å². The average Bonchev–Trinajstić information content (AvgIpc) is 2.92. The molecule has 0 unspecified atom stereocenters. The molecular weight excluding hydrogens is 242 g/mol. The number of nitrogens with one attached hydrogen (secondary N) is 1. The van der Waals surface area contributed by atoms with E-state index < -0.39 is 0 Å². The van der Waals surface area contributed by atoms with Crippen molar-refractivity contribution >= 4 is 5.91 Å². The van der Waals surface area contributed by atoms with E-state index in [1.807, 2.05) is 41.1 Å². The second-order valence-corrected chi connectivity index (χ2v) is 4.22. The molecule has 0 aliphatic carbocycles. The topological polar surface area (TPSA) is 56.1 Å². The molecule has 1 aromatic heterocycles. The molecule has 5 nitrogen and oxygen atoms in total. The van der Waals surface area contributed by atoms with Crippen LogP contribution in [-0.4, -0.2) is 29.2 Å². The lowest BCUT2D eigenvalue weighted by Gasteiger charge is -2.19. The van der Waals surface area contributed by atoms with E-state index in [9.17, 15) is 4.79 Å². The van der Waals surface area contributed by atoms with Gasteiger partial charge in [-0.05, 0) is 5.56 Å². The van der Waals surface area contributed by atoms with Gasteiger partial charge in [-0.2, -0.15) is 0 Å². The fourth-order valence-electron chi connectivity index (χ4n) is 1.89. The van der Waals surface area contributed by atoms with Crippen LogP contribution in [0.5, 0.6) is 0 Å². The number of imidazole rings is 1. The van der Waals surface area contributed by atoms with Crippen molar-refractivity contribution < 1.29 is 9.53 Å². The number of hydrogen-bond donors (Lipinski definition) is 1. The Labute approximate surface area is 112 Å². The van der Waals surface area contributed by atoms with Crippen LogP contribution in [0.4, 0.5) is 0 Å².